The van der Waals surface area contributed by atoms with Gasteiger partial charge in [-0.1, -0.05) is 30.3 Å². The van der Waals surface area contributed by atoms with E-state index in [1.165, 1.54) is 0 Å². The van der Waals surface area contributed by atoms with Crippen LogP contribution < -0.4 is 43.8 Å². The van der Waals surface area contributed by atoms with Gasteiger partial charge in [0, 0.05) is 31.5 Å². The van der Waals surface area contributed by atoms with Crippen molar-refractivity contribution in [1.29, 1.82) is 0 Å². The number of alkyl carbamates (subject to hydrolysis) is 1. The zero-order valence-corrected chi connectivity index (χ0v) is 31.9. The summed E-state index contributed by atoms with van der Waals surface area (Å²) in [5.74, 6) is -16.7. The molecule has 17 nitrogen and oxygen atoms in total. The van der Waals surface area contributed by atoms with E-state index in [9.17, 15) is 50.7 Å². The average molecular weight is 830 g/mol. The normalized spacial score (nSPS) is 13.2. The summed E-state index contributed by atoms with van der Waals surface area (Å²) in [6.07, 6.45) is -3.97. The van der Waals surface area contributed by atoms with Gasteiger partial charge < -0.3 is 53.6 Å². The van der Waals surface area contributed by atoms with Crippen molar-refractivity contribution in [3.63, 3.8) is 0 Å². The molecule has 2 rings (SSSR count). The van der Waals surface area contributed by atoms with Gasteiger partial charge in [-0.05, 0) is 58.4 Å². The Morgan fingerprint density at radius 2 is 1.19 bits per heavy atom. The Bertz CT molecular complexity index is 1780. The van der Waals surface area contributed by atoms with Crippen molar-refractivity contribution in [2.75, 3.05) is 13.1 Å². The highest BCUT2D eigenvalue weighted by atomic mass is 19.2. The van der Waals surface area contributed by atoms with Crippen LogP contribution in [0.15, 0.2) is 35.3 Å². The summed E-state index contributed by atoms with van der Waals surface area (Å²) >= 11 is 0. The minimum Gasteiger partial charge on any atom is -0.465 e. The quantitative estimate of drug-likeness (QED) is 0.0218. The minimum absolute atomic E-state index is 0.00585. The third kappa shape index (κ3) is 16.1. The van der Waals surface area contributed by atoms with E-state index < -0.39 is 107 Å². The molecule has 58 heavy (non-hydrogen) atoms. The predicted molar refractivity (Wildman–Crippen MR) is 198 cm³/mol. The number of nitrogens with one attached hydrogen (secondary N) is 5. The Kier molecular flexibility index (Phi) is 18.6. The van der Waals surface area contributed by atoms with Gasteiger partial charge in [-0.2, -0.15) is 0 Å². The van der Waals surface area contributed by atoms with Gasteiger partial charge in [0.05, 0.1) is 0 Å². The molecule has 0 aliphatic rings. The molecule has 0 bridgehead atoms. The van der Waals surface area contributed by atoms with E-state index in [0.717, 1.165) is 0 Å². The van der Waals surface area contributed by atoms with Gasteiger partial charge in [0.2, 0.25) is 29.4 Å². The molecule has 0 heterocycles. The molecule has 2 aromatic rings. The number of hydrogen-bond donors (Lipinski definition) is 9. The zero-order chi connectivity index (χ0) is 43.7. The number of ether oxygens (including phenoxy) is 1. The number of rotatable bonds is 21. The third-order valence-electron chi connectivity index (χ3n) is 8.07. The molecule has 0 aliphatic heterocycles. The molecule has 0 spiro atoms. The van der Waals surface area contributed by atoms with E-state index in [4.69, 9.17) is 27.0 Å². The molecule has 0 radical (unpaired) electrons. The van der Waals surface area contributed by atoms with Crippen molar-refractivity contribution in [3.8, 4) is 0 Å². The van der Waals surface area contributed by atoms with E-state index in [1.54, 1.807) is 51.1 Å². The third-order valence-corrected chi connectivity index (χ3v) is 8.07. The maximum Gasteiger partial charge on any atom is 0.408 e. The summed E-state index contributed by atoms with van der Waals surface area (Å²) in [5.41, 5.74) is 14.3. The lowest BCUT2D eigenvalue weighted by Crippen LogP contribution is -2.59. The van der Waals surface area contributed by atoms with Gasteiger partial charge in [0.1, 0.15) is 29.8 Å². The SMILES string of the molecule is CC(C)(C)OC(=O)NC(Cc1ccccc1)C(=O)NC(CCCN=C(N)N)C(=O)NC(Cc1c(F)c(F)c(F)c(F)c1F)C(=O)NC(CCCCNC(=O)O)C(N)=O. The molecular weight excluding hydrogens is 781 g/mol. The largest absolute Gasteiger partial charge is 0.465 e. The monoisotopic (exact) mass is 829 g/mol. The number of primary amides is 1. The number of carbonyl (C=O) groups excluding carboxylic acids is 5. The second kappa shape index (κ2) is 22.5. The molecule has 6 amide bonds. The van der Waals surface area contributed by atoms with Gasteiger partial charge in [0.25, 0.3) is 0 Å². The Hall–Kier alpha value is -6.22. The van der Waals surface area contributed by atoms with Crippen LogP contribution in [0.2, 0.25) is 0 Å². The molecule has 0 aliphatic carbocycles. The number of benzene rings is 2. The number of amides is 6. The van der Waals surface area contributed by atoms with Crippen molar-refractivity contribution in [2.24, 2.45) is 22.2 Å². The van der Waals surface area contributed by atoms with Crippen LogP contribution in [0.4, 0.5) is 31.5 Å². The topological polar surface area (TPSA) is 282 Å². The number of carbonyl (C=O) groups is 6. The fourth-order valence-corrected chi connectivity index (χ4v) is 5.30. The van der Waals surface area contributed by atoms with E-state index in [0.29, 0.717) is 5.56 Å². The first-order valence-electron chi connectivity index (χ1n) is 17.9. The molecule has 0 saturated heterocycles. The number of unbranched alkanes of at least 4 members (excludes halogenated alkanes) is 1. The van der Waals surface area contributed by atoms with Gasteiger partial charge in [0.15, 0.2) is 29.2 Å². The lowest BCUT2D eigenvalue weighted by molar-refractivity contribution is -0.133. The molecule has 320 valence electrons. The maximum atomic E-state index is 14.9. The second-order valence-corrected chi connectivity index (χ2v) is 13.9. The Balaban J connectivity index is 2.52. The van der Waals surface area contributed by atoms with Crippen LogP contribution in [0, 0.1) is 29.1 Å². The van der Waals surface area contributed by atoms with Crippen molar-refractivity contribution in [3.05, 3.63) is 70.5 Å². The molecule has 4 unspecified atom stereocenters. The Morgan fingerprint density at radius 3 is 1.72 bits per heavy atom. The van der Waals surface area contributed by atoms with Crippen molar-refractivity contribution in [1.82, 2.24) is 26.6 Å². The Labute approximate surface area is 330 Å². The summed E-state index contributed by atoms with van der Waals surface area (Å²) in [6.45, 7) is 4.63. The van der Waals surface area contributed by atoms with E-state index >= 15 is 0 Å². The summed E-state index contributed by atoms with van der Waals surface area (Å²) in [5, 5.41) is 20.1. The van der Waals surface area contributed by atoms with Crippen molar-refractivity contribution >= 4 is 41.8 Å². The fraction of sp³-hybridized carbons (Fsp3) is 0.472. The average Bonchev–Trinajstić information content (AvgIpc) is 3.13. The van der Waals surface area contributed by atoms with Crippen molar-refractivity contribution < 1.29 is 60.6 Å². The highest BCUT2D eigenvalue weighted by molar-refractivity contribution is 5.95. The number of carboxylic acid groups (broad SMARTS) is 1. The minimum atomic E-state index is -2.48. The highest BCUT2D eigenvalue weighted by Gasteiger charge is 2.35. The molecule has 0 saturated carbocycles. The smallest absolute Gasteiger partial charge is 0.408 e. The molecule has 12 N–H and O–H groups in total. The predicted octanol–water partition coefficient (Wildman–Crippen LogP) is 1.49. The molecule has 0 aromatic heterocycles. The lowest BCUT2D eigenvalue weighted by Gasteiger charge is -2.27. The molecule has 2 aromatic carbocycles. The molecular formula is C36H48F5N9O8. The fourth-order valence-electron chi connectivity index (χ4n) is 5.30. The van der Waals surface area contributed by atoms with Crippen LogP contribution in [0.5, 0.6) is 0 Å². The van der Waals surface area contributed by atoms with Crippen LogP contribution in [-0.4, -0.2) is 89.7 Å². The van der Waals surface area contributed by atoms with Crippen LogP contribution >= 0.6 is 0 Å². The number of nitrogens with two attached hydrogens (primary N) is 3. The molecule has 4 atom stereocenters. The summed E-state index contributed by atoms with van der Waals surface area (Å²) in [7, 11) is 0. The summed E-state index contributed by atoms with van der Waals surface area (Å²) in [4.78, 5) is 80.9. The first kappa shape index (κ1) is 47.9. The van der Waals surface area contributed by atoms with Gasteiger partial charge in [-0.15, -0.1) is 0 Å². The first-order chi connectivity index (χ1) is 27.1. The number of aliphatic imine (C=N–C) groups is 1. The lowest BCUT2D eigenvalue weighted by atomic mass is 10.0. The number of nitrogens with zero attached hydrogens (tertiary/aromatic N) is 1. The van der Waals surface area contributed by atoms with E-state index in [2.05, 4.69) is 31.6 Å². The van der Waals surface area contributed by atoms with Crippen LogP contribution in [-0.2, 0) is 36.8 Å². The number of guanidine groups is 1. The zero-order valence-electron chi connectivity index (χ0n) is 31.9. The molecule has 0 fully saturated rings. The van der Waals surface area contributed by atoms with Gasteiger partial charge in [-0.25, -0.2) is 31.5 Å². The van der Waals surface area contributed by atoms with Crippen LogP contribution in [0.25, 0.3) is 0 Å². The molecule has 22 heteroatoms. The standard InChI is InChI=1S/C36H48F5N9O8/c1-36(2,3)58-35(57)50-22(16-18-10-5-4-6-11-18)31(53)48-21(13-9-15-45-33(43)44)30(52)49-23(17-19-24(37)26(39)28(41)27(40)25(19)38)32(54)47-20(29(42)51)12-7-8-14-46-34(55)56/h4-6,10-11,20-23,46H,7-9,12-17H2,1-3H3,(H2,42,51)(H,47,54)(H,48,53)(H,49,52)(H,50,57)(H,55,56)(H4,43,44,45). The van der Waals surface area contributed by atoms with Gasteiger partial charge >= 0.3 is 12.2 Å². The summed E-state index contributed by atoms with van der Waals surface area (Å²) in [6, 6.07) is 1.69. The second-order valence-electron chi connectivity index (χ2n) is 13.9. The van der Waals surface area contributed by atoms with Crippen LogP contribution in [0.3, 0.4) is 0 Å². The highest BCUT2D eigenvalue weighted by Crippen LogP contribution is 2.24. The summed E-state index contributed by atoms with van der Waals surface area (Å²) < 4.78 is 77.5. The number of hydrogen-bond acceptors (Lipinski definition) is 8. The first-order valence-corrected chi connectivity index (χ1v) is 17.9. The number of halogens is 5. The van der Waals surface area contributed by atoms with Crippen LogP contribution in [0.1, 0.15) is 64.0 Å². The maximum absolute atomic E-state index is 14.9. The van der Waals surface area contributed by atoms with E-state index in [1.807, 2.05) is 0 Å². The van der Waals surface area contributed by atoms with E-state index in [-0.39, 0.29) is 57.6 Å². The van der Waals surface area contributed by atoms with Gasteiger partial charge in [-0.3, -0.25) is 24.2 Å². The Morgan fingerprint density at radius 1 is 0.690 bits per heavy atom. The van der Waals surface area contributed by atoms with Crippen molar-refractivity contribution in [2.45, 2.75) is 95.5 Å².